The highest BCUT2D eigenvalue weighted by Gasteiger charge is 2.26. The molecule has 96 valence electrons. The van der Waals surface area contributed by atoms with Gasteiger partial charge in [-0.3, -0.25) is 0 Å². The van der Waals surface area contributed by atoms with E-state index in [4.69, 9.17) is 5.26 Å². The van der Waals surface area contributed by atoms with E-state index in [9.17, 15) is 4.39 Å². The van der Waals surface area contributed by atoms with Gasteiger partial charge in [-0.2, -0.15) is 5.26 Å². The Hall–Kier alpha value is -1.56. The van der Waals surface area contributed by atoms with Gasteiger partial charge >= 0.3 is 0 Å². The molecule has 0 amide bonds. The van der Waals surface area contributed by atoms with Gasteiger partial charge in [0.25, 0.3) is 0 Å². The van der Waals surface area contributed by atoms with E-state index >= 15 is 0 Å². The van der Waals surface area contributed by atoms with Crippen molar-refractivity contribution < 1.29 is 4.39 Å². The summed E-state index contributed by atoms with van der Waals surface area (Å²) < 4.78 is 13.0. The van der Waals surface area contributed by atoms with E-state index in [0.29, 0.717) is 11.0 Å². The van der Waals surface area contributed by atoms with Gasteiger partial charge in [-0.1, -0.05) is 26.2 Å². The fourth-order valence-electron chi connectivity index (χ4n) is 2.65. The summed E-state index contributed by atoms with van der Waals surface area (Å²) in [5.41, 5.74) is 1.43. The predicted molar refractivity (Wildman–Crippen MR) is 70.8 cm³/mol. The van der Waals surface area contributed by atoms with Gasteiger partial charge in [0.05, 0.1) is 11.3 Å². The van der Waals surface area contributed by atoms with Gasteiger partial charge in [0.15, 0.2) is 0 Å². The Morgan fingerprint density at radius 3 is 2.72 bits per heavy atom. The monoisotopic (exact) mass is 246 g/mol. The maximum atomic E-state index is 13.0. The number of hydrogen-bond donors (Lipinski definition) is 1. The average molecular weight is 246 g/mol. The van der Waals surface area contributed by atoms with Gasteiger partial charge in [0.1, 0.15) is 11.9 Å². The second-order valence-electron chi connectivity index (χ2n) is 5.53. The zero-order valence-corrected chi connectivity index (χ0v) is 10.8. The SMILES string of the molecule is CC1(CNc2ccc(F)cc2C#N)CCCCC1. The number of nitrogens with one attached hydrogen (secondary N) is 1. The van der Waals surface area contributed by atoms with E-state index < -0.39 is 0 Å². The molecule has 2 nitrogen and oxygen atoms in total. The molecule has 1 saturated carbocycles. The number of anilines is 1. The van der Waals surface area contributed by atoms with E-state index in [1.165, 1.54) is 44.2 Å². The van der Waals surface area contributed by atoms with Crippen LogP contribution in [-0.2, 0) is 0 Å². The third-order valence-electron chi connectivity index (χ3n) is 3.87. The highest BCUT2D eigenvalue weighted by Crippen LogP contribution is 2.36. The van der Waals surface area contributed by atoms with Crippen LogP contribution in [0.4, 0.5) is 10.1 Å². The molecule has 1 aliphatic rings. The van der Waals surface area contributed by atoms with E-state index in [2.05, 4.69) is 12.2 Å². The molecule has 0 heterocycles. The summed E-state index contributed by atoms with van der Waals surface area (Å²) in [6, 6.07) is 6.37. The maximum Gasteiger partial charge on any atom is 0.124 e. The molecule has 3 heteroatoms. The summed E-state index contributed by atoms with van der Waals surface area (Å²) in [6.07, 6.45) is 6.35. The quantitative estimate of drug-likeness (QED) is 0.872. The van der Waals surface area contributed by atoms with Crippen LogP contribution in [0.5, 0.6) is 0 Å². The average Bonchev–Trinajstić information content (AvgIpc) is 2.38. The molecule has 0 unspecified atom stereocenters. The summed E-state index contributed by atoms with van der Waals surface area (Å²) in [5, 5.41) is 12.3. The summed E-state index contributed by atoms with van der Waals surface area (Å²) in [7, 11) is 0. The lowest BCUT2D eigenvalue weighted by Crippen LogP contribution is -2.29. The molecular weight excluding hydrogens is 227 g/mol. The molecule has 1 N–H and O–H groups in total. The van der Waals surface area contributed by atoms with Crippen LogP contribution in [0.25, 0.3) is 0 Å². The van der Waals surface area contributed by atoms with Crippen LogP contribution in [0, 0.1) is 22.6 Å². The number of nitriles is 1. The van der Waals surface area contributed by atoms with E-state index in [1.54, 1.807) is 6.07 Å². The first-order chi connectivity index (χ1) is 8.63. The van der Waals surface area contributed by atoms with Crippen LogP contribution < -0.4 is 5.32 Å². The number of halogens is 1. The van der Waals surface area contributed by atoms with Crippen LogP contribution in [0.1, 0.15) is 44.6 Å². The van der Waals surface area contributed by atoms with Crippen molar-refractivity contribution in [3.05, 3.63) is 29.6 Å². The molecule has 0 aromatic heterocycles. The number of nitrogens with zero attached hydrogens (tertiary/aromatic N) is 1. The Morgan fingerprint density at radius 1 is 1.33 bits per heavy atom. The van der Waals surface area contributed by atoms with Crippen molar-refractivity contribution in [2.75, 3.05) is 11.9 Å². The van der Waals surface area contributed by atoms with Crippen molar-refractivity contribution in [2.45, 2.75) is 39.0 Å². The lowest BCUT2D eigenvalue weighted by molar-refractivity contribution is 0.233. The molecule has 0 atom stereocenters. The molecular formula is C15H19FN2. The molecule has 0 saturated heterocycles. The van der Waals surface area contributed by atoms with Crippen LogP contribution in [0.15, 0.2) is 18.2 Å². The normalized spacial score (nSPS) is 18.1. The lowest BCUT2D eigenvalue weighted by atomic mass is 9.75. The minimum atomic E-state index is -0.360. The highest BCUT2D eigenvalue weighted by atomic mass is 19.1. The second kappa shape index (κ2) is 5.39. The Morgan fingerprint density at radius 2 is 2.06 bits per heavy atom. The van der Waals surface area contributed by atoms with Gasteiger partial charge in [0, 0.05) is 6.54 Å². The molecule has 1 aromatic carbocycles. The molecule has 0 spiro atoms. The molecule has 18 heavy (non-hydrogen) atoms. The van der Waals surface area contributed by atoms with Gasteiger partial charge in [-0.15, -0.1) is 0 Å². The summed E-state index contributed by atoms with van der Waals surface area (Å²) >= 11 is 0. The van der Waals surface area contributed by atoms with E-state index in [0.717, 1.165) is 12.2 Å². The molecule has 2 rings (SSSR count). The van der Waals surface area contributed by atoms with Crippen LogP contribution >= 0.6 is 0 Å². The fraction of sp³-hybridized carbons (Fsp3) is 0.533. The van der Waals surface area contributed by atoms with E-state index in [1.807, 2.05) is 6.07 Å². The first kappa shape index (κ1) is 12.9. The van der Waals surface area contributed by atoms with Crippen molar-refractivity contribution in [2.24, 2.45) is 5.41 Å². The number of hydrogen-bond acceptors (Lipinski definition) is 2. The molecule has 0 aliphatic heterocycles. The third kappa shape index (κ3) is 3.01. The Labute approximate surface area is 108 Å². The largest absolute Gasteiger partial charge is 0.383 e. The molecule has 1 aliphatic carbocycles. The summed E-state index contributed by atoms with van der Waals surface area (Å²) in [5.74, 6) is -0.360. The summed E-state index contributed by atoms with van der Waals surface area (Å²) in [4.78, 5) is 0. The third-order valence-corrected chi connectivity index (χ3v) is 3.87. The predicted octanol–water partition coefficient (Wildman–Crippen LogP) is 4.08. The van der Waals surface area contributed by atoms with Crippen molar-refractivity contribution in [1.82, 2.24) is 0 Å². The minimum Gasteiger partial charge on any atom is -0.383 e. The summed E-state index contributed by atoms with van der Waals surface area (Å²) in [6.45, 7) is 3.14. The highest BCUT2D eigenvalue weighted by molar-refractivity contribution is 5.57. The Bertz CT molecular complexity index is 456. The van der Waals surface area contributed by atoms with Gasteiger partial charge in [-0.25, -0.2) is 4.39 Å². The number of benzene rings is 1. The van der Waals surface area contributed by atoms with Crippen LogP contribution in [0.2, 0.25) is 0 Å². The smallest absolute Gasteiger partial charge is 0.124 e. The first-order valence-corrected chi connectivity index (χ1v) is 6.56. The van der Waals surface area contributed by atoms with Crippen molar-refractivity contribution in [3.63, 3.8) is 0 Å². The standard InChI is InChI=1S/C15H19FN2/c1-15(7-3-2-4-8-15)11-18-14-6-5-13(16)9-12(14)10-17/h5-6,9,18H,2-4,7-8,11H2,1H3. The molecule has 0 radical (unpaired) electrons. The zero-order chi connectivity index (χ0) is 13.0. The molecule has 0 bridgehead atoms. The second-order valence-corrected chi connectivity index (χ2v) is 5.53. The van der Waals surface area contributed by atoms with Gasteiger partial charge in [0.2, 0.25) is 0 Å². The Balaban J connectivity index is 2.04. The van der Waals surface area contributed by atoms with E-state index in [-0.39, 0.29) is 5.82 Å². The number of rotatable bonds is 3. The van der Waals surface area contributed by atoms with Crippen LogP contribution in [0.3, 0.4) is 0 Å². The van der Waals surface area contributed by atoms with Gasteiger partial charge in [-0.05, 0) is 36.5 Å². The minimum absolute atomic E-state index is 0.305. The van der Waals surface area contributed by atoms with Crippen LogP contribution in [-0.4, -0.2) is 6.54 Å². The van der Waals surface area contributed by atoms with Crippen molar-refractivity contribution in [3.8, 4) is 6.07 Å². The fourth-order valence-corrected chi connectivity index (χ4v) is 2.65. The zero-order valence-electron chi connectivity index (χ0n) is 10.8. The maximum absolute atomic E-state index is 13.0. The Kier molecular flexibility index (Phi) is 3.86. The van der Waals surface area contributed by atoms with Gasteiger partial charge < -0.3 is 5.32 Å². The molecule has 1 aromatic rings. The topological polar surface area (TPSA) is 35.8 Å². The molecule has 1 fully saturated rings. The van der Waals surface area contributed by atoms with Crippen molar-refractivity contribution in [1.29, 1.82) is 5.26 Å². The lowest BCUT2D eigenvalue weighted by Gasteiger charge is -2.34. The van der Waals surface area contributed by atoms with Crippen molar-refractivity contribution >= 4 is 5.69 Å². The first-order valence-electron chi connectivity index (χ1n) is 6.56.